The van der Waals surface area contributed by atoms with Gasteiger partial charge in [-0.3, -0.25) is 0 Å². The second-order valence-electron chi connectivity index (χ2n) is 6.60. The number of aromatic amines is 1. The molecule has 0 amide bonds. The van der Waals surface area contributed by atoms with Crippen LogP contribution in [0.25, 0.3) is 22.4 Å². The molecule has 0 spiro atoms. The zero-order valence-corrected chi connectivity index (χ0v) is 17.5. The van der Waals surface area contributed by atoms with Crippen molar-refractivity contribution in [3.8, 4) is 11.4 Å². The fourth-order valence-corrected chi connectivity index (χ4v) is 2.93. The molecular weight excluding hydrogens is 348 g/mol. The summed E-state index contributed by atoms with van der Waals surface area (Å²) >= 11 is 0. The molecule has 6 nitrogen and oxygen atoms in total. The first kappa shape index (κ1) is 21.6. The summed E-state index contributed by atoms with van der Waals surface area (Å²) in [5.74, 6) is 0.801. The zero-order valence-electron chi connectivity index (χ0n) is 17.5. The number of imidazole rings is 1. The van der Waals surface area contributed by atoms with E-state index in [0.29, 0.717) is 11.4 Å². The van der Waals surface area contributed by atoms with Gasteiger partial charge < -0.3 is 21.5 Å². The zero-order chi connectivity index (χ0) is 20.5. The number of rotatable bonds is 2. The Morgan fingerprint density at radius 3 is 2.39 bits per heavy atom. The van der Waals surface area contributed by atoms with E-state index in [0.717, 1.165) is 41.2 Å². The van der Waals surface area contributed by atoms with Gasteiger partial charge in [-0.2, -0.15) is 0 Å². The largest absolute Gasteiger partial charge is 0.397 e. The molecule has 1 aliphatic rings. The maximum absolute atomic E-state index is 5.89. The number of nitrogen functional groups attached to an aromatic ring is 2. The summed E-state index contributed by atoms with van der Waals surface area (Å²) in [6.07, 6.45) is 3.69. The van der Waals surface area contributed by atoms with E-state index in [1.807, 2.05) is 32.0 Å². The lowest BCUT2D eigenvalue weighted by atomic mass is 10.1. The lowest BCUT2D eigenvalue weighted by molar-refractivity contribution is 0.512. The number of hydrazine groups is 1. The van der Waals surface area contributed by atoms with E-state index < -0.39 is 0 Å². The third-order valence-electron chi connectivity index (χ3n) is 4.25. The van der Waals surface area contributed by atoms with Crippen molar-refractivity contribution in [2.75, 3.05) is 29.6 Å². The molecule has 6 heteroatoms. The number of nitrogens with two attached hydrogens (primary N) is 2. The van der Waals surface area contributed by atoms with Crippen molar-refractivity contribution >= 4 is 28.1 Å². The van der Waals surface area contributed by atoms with Crippen LogP contribution in [0.15, 0.2) is 36.4 Å². The van der Waals surface area contributed by atoms with E-state index in [1.54, 1.807) is 6.07 Å². The second kappa shape index (κ2) is 10.6. The van der Waals surface area contributed by atoms with Crippen molar-refractivity contribution in [1.29, 1.82) is 0 Å². The van der Waals surface area contributed by atoms with Gasteiger partial charge in [-0.15, -0.1) is 0 Å². The number of fused-ring (bicyclic) bond motifs is 1. The van der Waals surface area contributed by atoms with Crippen molar-refractivity contribution in [3.05, 3.63) is 36.4 Å². The monoisotopic (exact) mass is 382 g/mol. The smallest absolute Gasteiger partial charge is 0.138 e. The SMILES string of the molecule is CC.CCC.Nc1ccc(-c2nc3ccc(N4CCCCN4)cc3[nH]2)cc1N. The van der Waals surface area contributed by atoms with Gasteiger partial charge in [0.2, 0.25) is 0 Å². The Balaban J connectivity index is 0.000000514. The van der Waals surface area contributed by atoms with Crippen LogP contribution in [-0.4, -0.2) is 23.1 Å². The minimum Gasteiger partial charge on any atom is -0.397 e. The molecule has 1 saturated heterocycles. The first-order valence-corrected chi connectivity index (χ1v) is 10.3. The predicted molar refractivity (Wildman–Crippen MR) is 122 cm³/mol. The highest BCUT2D eigenvalue weighted by Crippen LogP contribution is 2.27. The quantitative estimate of drug-likeness (QED) is 0.471. The third-order valence-corrected chi connectivity index (χ3v) is 4.25. The number of hydrogen-bond acceptors (Lipinski definition) is 5. The van der Waals surface area contributed by atoms with Gasteiger partial charge in [0.25, 0.3) is 0 Å². The van der Waals surface area contributed by atoms with Crippen molar-refractivity contribution in [1.82, 2.24) is 15.4 Å². The molecule has 4 rings (SSSR count). The van der Waals surface area contributed by atoms with E-state index in [9.17, 15) is 0 Å². The predicted octanol–water partition coefficient (Wildman–Crippen LogP) is 4.94. The summed E-state index contributed by atoms with van der Waals surface area (Å²) < 4.78 is 0. The molecule has 0 atom stereocenters. The number of benzene rings is 2. The van der Waals surface area contributed by atoms with Crippen molar-refractivity contribution in [2.24, 2.45) is 0 Å². The number of anilines is 3. The van der Waals surface area contributed by atoms with Gasteiger partial charge in [0, 0.05) is 18.7 Å². The molecule has 0 saturated carbocycles. The minimum absolute atomic E-state index is 0.571. The molecule has 3 aromatic rings. The maximum atomic E-state index is 5.89. The van der Waals surface area contributed by atoms with Crippen LogP contribution in [0.4, 0.5) is 17.1 Å². The van der Waals surface area contributed by atoms with Crippen LogP contribution in [0.5, 0.6) is 0 Å². The highest BCUT2D eigenvalue weighted by Gasteiger charge is 2.12. The molecule has 6 N–H and O–H groups in total. The molecule has 0 aliphatic carbocycles. The lowest BCUT2D eigenvalue weighted by Gasteiger charge is -2.29. The molecule has 1 aliphatic heterocycles. The molecule has 28 heavy (non-hydrogen) atoms. The molecule has 1 aromatic heterocycles. The van der Waals surface area contributed by atoms with Gasteiger partial charge in [0.05, 0.1) is 28.1 Å². The molecular formula is C22H34N6. The highest BCUT2D eigenvalue weighted by molar-refractivity contribution is 5.83. The van der Waals surface area contributed by atoms with Crippen LogP contribution < -0.4 is 21.9 Å². The van der Waals surface area contributed by atoms with E-state index >= 15 is 0 Å². The van der Waals surface area contributed by atoms with E-state index in [-0.39, 0.29) is 0 Å². The maximum Gasteiger partial charge on any atom is 0.138 e. The average molecular weight is 383 g/mol. The number of hydrogen-bond donors (Lipinski definition) is 4. The lowest BCUT2D eigenvalue weighted by Crippen LogP contribution is -2.43. The Morgan fingerprint density at radius 2 is 1.75 bits per heavy atom. The normalized spacial score (nSPS) is 13.4. The van der Waals surface area contributed by atoms with Gasteiger partial charge in [0.1, 0.15) is 5.82 Å². The number of H-pyrrole nitrogens is 1. The topological polar surface area (TPSA) is 96.0 Å². The summed E-state index contributed by atoms with van der Waals surface area (Å²) in [7, 11) is 0. The Hall–Kier alpha value is -2.73. The van der Waals surface area contributed by atoms with Crippen LogP contribution in [0.2, 0.25) is 0 Å². The molecule has 0 unspecified atom stereocenters. The van der Waals surface area contributed by atoms with Gasteiger partial charge >= 0.3 is 0 Å². The summed E-state index contributed by atoms with van der Waals surface area (Å²) in [5, 5.41) is 2.20. The molecule has 1 fully saturated rings. The number of nitrogens with zero attached hydrogens (tertiary/aromatic N) is 2. The molecule has 2 aromatic carbocycles. The Kier molecular flexibility index (Phi) is 8.14. The van der Waals surface area contributed by atoms with Gasteiger partial charge in [0.15, 0.2) is 0 Å². The van der Waals surface area contributed by atoms with Crippen molar-refractivity contribution in [3.63, 3.8) is 0 Å². The van der Waals surface area contributed by atoms with Crippen LogP contribution in [0, 0.1) is 0 Å². The van der Waals surface area contributed by atoms with Crippen molar-refractivity contribution < 1.29 is 0 Å². The Labute approximate surface area is 168 Å². The van der Waals surface area contributed by atoms with Gasteiger partial charge in [-0.05, 0) is 49.2 Å². The Bertz CT molecular complexity index is 865. The standard InChI is InChI=1S/C17H20N6.C3H8.C2H6/c18-13-5-3-11(9-14(13)19)17-21-15-6-4-12(10-16(15)22-17)23-8-2-1-7-20-23;1-3-2;1-2/h3-6,9-10,20H,1-2,7-8,18-19H2,(H,21,22);3H2,1-2H3;1-2H3. The number of nitrogens with one attached hydrogen (secondary N) is 2. The summed E-state index contributed by atoms with van der Waals surface area (Å²) in [5.41, 5.74) is 20.3. The van der Waals surface area contributed by atoms with Gasteiger partial charge in [-0.25, -0.2) is 10.4 Å². The molecule has 2 heterocycles. The van der Waals surface area contributed by atoms with E-state index in [2.05, 4.69) is 46.4 Å². The summed E-state index contributed by atoms with van der Waals surface area (Å²) in [4.78, 5) is 8.03. The van der Waals surface area contributed by atoms with Crippen LogP contribution in [-0.2, 0) is 0 Å². The van der Waals surface area contributed by atoms with Crippen molar-refractivity contribution in [2.45, 2.75) is 47.0 Å². The summed E-state index contributed by atoms with van der Waals surface area (Å²) in [6, 6.07) is 11.9. The molecule has 152 valence electrons. The van der Waals surface area contributed by atoms with Gasteiger partial charge in [-0.1, -0.05) is 34.1 Å². The van der Waals surface area contributed by atoms with Crippen LogP contribution >= 0.6 is 0 Å². The first-order valence-electron chi connectivity index (χ1n) is 10.3. The van der Waals surface area contributed by atoms with E-state index in [4.69, 9.17) is 11.5 Å². The molecule has 0 radical (unpaired) electrons. The highest BCUT2D eigenvalue weighted by atomic mass is 15.5. The van der Waals surface area contributed by atoms with Crippen LogP contribution in [0.1, 0.15) is 47.0 Å². The minimum atomic E-state index is 0.571. The van der Waals surface area contributed by atoms with Crippen LogP contribution in [0.3, 0.4) is 0 Å². The van der Waals surface area contributed by atoms with E-state index in [1.165, 1.54) is 19.3 Å². The third kappa shape index (κ3) is 5.16. The fourth-order valence-electron chi connectivity index (χ4n) is 2.93. The average Bonchev–Trinajstić information content (AvgIpc) is 3.16. The molecule has 0 bridgehead atoms. The second-order valence-corrected chi connectivity index (χ2v) is 6.60. The fraction of sp³-hybridized carbons (Fsp3) is 0.409. The Morgan fingerprint density at radius 1 is 1.00 bits per heavy atom. The summed E-state index contributed by atoms with van der Waals surface area (Å²) in [6.45, 7) is 10.3. The first-order chi connectivity index (χ1) is 13.6. The number of aromatic nitrogens is 2.